The minimum absolute atomic E-state index is 0.708. The molecule has 0 fully saturated rings. The van der Waals surface area contributed by atoms with Gasteiger partial charge in [-0.25, -0.2) is 9.97 Å². The number of unbranched alkanes of at least 4 members (excludes halogenated alkanes) is 1. The third-order valence-corrected chi connectivity index (χ3v) is 6.49. The smallest absolute Gasteiger partial charge is 0.129 e. The van der Waals surface area contributed by atoms with Gasteiger partial charge in [-0.05, 0) is 68.7 Å². The number of thiophene rings is 1. The summed E-state index contributed by atoms with van der Waals surface area (Å²) >= 11 is 5.34. The first-order chi connectivity index (χ1) is 14.6. The van der Waals surface area contributed by atoms with Gasteiger partial charge in [0.1, 0.15) is 17.4 Å². The van der Waals surface area contributed by atoms with Crippen LogP contribution in [0.15, 0.2) is 59.2 Å². The molecule has 30 heavy (non-hydrogen) atoms. The highest BCUT2D eigenvalue weighted by molar-refractivity contribution is 9.10. The highest BCUT2D eigenvalue weighted by atomic mass is 79.9. The molecule has 0 aliphatic heterocycles. The summed E-state index contributed by atoms with van der Waals surface area (Å²) in [5.41, 5.74) is 2.57. The van der Waals surface area contributed by atoms with Gasteiger partial charge in [0.05, 0.1) is 6.61 Å². The first-order valence-electron chi connectivity index (χ1n) is 10.1. The van der Waals surface area contributed by atoms with Gasteiger partial charge in [-0.2, -0.15) is 0 Å². The predicted octanol–water partition coefficient (Wildman–Crippen LogP) is 7.01. The standard InChI is InChI=1S/C24H24BrN3OS/c1-16-24(18-5-7-19(25)8-6-18)21-10-9-20(15-22(21)30-16)29-14-4-3-12-27-23-11-13-26-17(2)28-23/h5-11,13,15H,3-4,12,14H2,1-2H3,(H,26,27,28). The van der Waals surface area contributed by atoms with Crippen molar-refractivity contribution in [2.24, 2.45) is 0 Å². The van der Waals surface area contributed by atoms with E-state index in [4.69, 9.17) is 4.74 Å². The van der Waals surface area contributed by atoms with Crippen LogP contribution in [-0.4, -0.2) is 23.1 Å². The Morgan fingerprint density at radius 1 is 1.03 bits per heavy atom. The third kappa shape index (κ3) is 4.99. The van der Waals surface area contributed by atoms with Crippen molar-refractivity contribution in [3.05, 3.63) is 69.9 Å². The number of halogens is 1. The van der Waals surface area contributed by atoms with Crippen molar-refractivity contribution in [3.8, 4) is 16.9 Å². The van der Waals surface area contributed by atoms with E-state index in [9.17, 15) is 0 Å². The van der Waals surface area contributed by atoms with Crippen LogP contribution in [0.1, 0.15) is 23.5 Å². The fourth-order valence-electron chi connectivity index (χ4n) is 3.45. The molecule has 0 radical (unpaired) electrons. The molecule has 4 nitrogen and oxygen atoms in total. The molecule has 4 aromatic rings. The molecule has 1 N–H and O–H groups in total. The molecular formula is C24H24BrN3OS. The van der Waals surface area contributed by atoms with E-state index in [1.807, 2.05) is 24.3 Å². The van der Waals surface area contributed by atoms with Gasteiger partial charge in [0.15, 0.2) is 0 Å². The Morgan fingerprint density at radius 2 is 1.87 bits per heavy atom. The summed E-state index contributed by atoms with van der Waals surface area (Å²) in [6.45, 7) is 5.67. The highest BCUT2D eigenvalue weighted by Gasteiger charge is 2.12. The van der Waals surface area contributed by atoms with E-state index < -0.39 is 0 Å². The second kappa shape index (κ2) is 9.58. The summed E-state index contributed by atoms with van der Waals surface area (Å²) in [5, 5.41) is 4.62. The lowest BCUT2D eigenvalue weighted by Crippen LogP contribution is -2.06. The minimum Gasteiger partial charge on any atom is -0.494 e. The van der Waals surface area contributed by atoms with Crippen LogP contribution in [0.5, 0.6) is 5.75 Å². The number of ether oxygens (including phenoxy) is 1. The number of anilines is 1. The summed E-state index contributed by atoms with van der Waals surface area (Å²) in [7, 11) is 0. The molecule has 0 aliphatic rings. The average Bonchev–Trinajstić information content (AvgIpc) is 3.06. The summed E-state index contributed by atoms with van der Waals surface area (Å²) in [5.74, 6) is 2.60. The summed E-state index contributed by atoms with van der Waals surface area (Å²) in [6.07, 6.45) is 3.79. The number of aryl methyl sites for hydroxylation is 2. The Hall–Kier alpha value is -2.44. The molecule has 2 aromatic carbocycles. The molecule has 2 aromatic heterocycles. The SMILES string of the molecule is Cc1nccc(NCCCCOc2ccc3c(-c4ccc(Br)cc4)c(C)sc3c2)n1. The van der Waals surface area contributed by atoms with E-state index in [1.165, 1.54) is 26.1 Å². The van der Waals surface area contributed by atoms with Crippen molar-refractivity contribution in [2.75, 3.05) is 18.5 Å². The van der Waals surface area contributed by atoms with Crippen LogP contribution in [0.3, 0.4) is 0 Å². The van der Waals surface area contributed by atoms with E-state index in [2.05, 4.69) is 80.6 Å². The highest BCUT2D eigenvalue weighted by Crippen LogP contribution is 2.40. The molecule has 0 atom stereocenters. The number of hydrogen-bond donors (Lipinski definition) is 1. The van der Waals surface area contributed by atoms with Crippen molar-refractivity contribution in [1.29, 1.82) is 0 Å². The Labute approximate surface area is 189 Å². The Kier molecular flexibility index (Phi) is 6.65. The fourth-order valence-corrected chi connectivity index (χ4v) is 4.83. The molecular weight excluding hydrogens is 458 g/mol. The first kappa shape index (κ1) is 20.8. The van der Waals surface area contributed by atoms with Gasteiger partial charge >= 0.3 is 0 Å². The van der Waals surface area contributed by atoms with Crippen molar-refractivity contribution < 1.29 is 4.74 Å². The molecule has 154 valence electrons. The third-order valence-electron chi connectivity index (χ3n) is 4.89. The molecule has 0 saturated carbocycles. The van der Waals surface area contributed by atoms with Gasteiger partial charge < -0.3 is 10.1 Å². The zero-order valence-corrected chi connectivity index (χ0v) is 19.5. The number of nitrogens with one attached hydrogen (secondary N) is 1. The second-order valence-electron chi connectivity index (χ2n) is 7.17. The number of hydrogen-bond acceptors (Lipinski definition) is 5. The summed E-state index contributed by atoms with van der Waals surface area (Å²) < 4.78 is 8.37. The maximum absolute atomic E-state index is 6.00. The van der Waals surface area contributed by atoms with Crippen LogP contribution in [0.25, 0.3) is 21.2 Å². The normalized spacial score (nSPS) is 11.0. The number of fused-ring (bicyclic) bond motifs is 1. The Bertz CT molecular complexity index is 1140. The number of aromatic nitrogens is 2. The van der Waals surface area contributed by atoms with Crippen molar-refractivity contribution in [1.82, 2.24) is 9.97 Å². The lowest BCUT2D eigenvalue weighted by Gasteiger charge is -2.08. The van der Waals surface area contributed by atoms with Crippen LogP contribution in [0.2, 0.25) is 0 Å². The monoisotopic (exact) mass is 481 g/mol. The van der Waals surface area contributed by atoms with Crippen LogP contribution in [0.4, 0.5) is 5.82 Å². The number of benzene rings is 2. The van der Waals surface area contributed by atoms with Gasteiger partial charge in [-0.3, -0.25) is 0 Å². The molecule has 0 bridgehead atoms. The van der Waals surface area contributed by atoms with E-state index in [1.54, 1.807) is 6.20 Å². The van der Waals surface area contributed by atoms with Gasteiger partial charge in [-0.1, -0.05) is 28.1 Å². The quantitative estimate of drug-likeness (QED) is 0.275. The molecule has 0 saturated heterocycles. The van der Waals surface area contributed by atoms with Gasteiger partial charge in [0.25, 0.3) is 0 Å². The maximum Gasteiger partial charge on any atom is 0.129 e. The maximum atomic E-state index is 6.00. The average molecular weight is 482 g/mol. The van der Waals surface area contributed by atoms with Gasteiger partial charge in [0.2, 0.25) is 0 Å². The predicted molar refractivity (Wildman–Crippen MR) is 130 cm³/mol. The zero-order valence-electron chi connectivity index (χ0n) is 17.1. The van der Waals surface area contributed by atoms with E-state index in [-0.39, 0.29) is 0 Å². The molecule has 6 heteroatoms. The van der Waals surface area contributed by atoms with E-state index in [0.717, 1.165) is 41.3 Å². The van der Waals surface area contributed by atoms with Crippen LogP contribution < -0.4 is 10.1 Å². The zero-order chi connectivity index (χ0) is 20.9. The van der Waals surface area contributed by atoms with Crippen molar-refractivity contribution >= 4 is 43.2 Å². The number of rotatable bonds is 8. The second-order valence-corrected chi connectivity index (χ2v) is 9.34. The van der Waals surface area contributed by atoms with Crippen LogP contribution in [0, 0.1) is 13.8 Å². The Morgan fingerprint density at radius 3 is 2.67 bits per heavy atom. The van der Waals surface area contributed by atoms with Crippen molar-refractivity contribution in [3.63, 3.8) is 0 Å². The van der Waals surface area contributed by atoms with E-state index >= 15 is 0 Å². The van der Waals surface area contributed by atoms with Gasteiger partial charge in [0, 0.05) is 37.7 Å². The lowest BCUT2D eigenvalue weighted by atomic mass is 10.0. The molecule has 0 unspecified atom stereocenters. The van der Waals surface area contributed by atoms with Crippen molar-refractivity contribution in [2.45, 2.75) is 26.7 Å². The molecule has 2 heterocycles. The van der Waals surface area contributed by atoms with Gasteiger partial charge in [-0.15, -0.1) is 11.3 Å². The van der Waals surface area contributed by atoms with Crippen LogP contribution in [-0.2, 0) is 0 Å². The summed E-state index contributed by atoms with van der Waals surface area (Å²) in [4.78, 5) is 9.79. The van der Waals surface area contributed by atoms with E-state index in [0.29, 0.717) is 6.61 Å². The largest absolute Gasteiger partial charge is 0.494 e. The lowest BCUT2D eigenvalue weighted by molar-refractivity contribution is 0.309. The topological polar surface area (TPSA) is 47.0 Å². The molecule has 0 amide bonds. The summed E-state index contributed by atoms with van der Waals surface area (Å²) in [6, 6.07) is 16.8. The molecule has 4 rings (SSSR count). The number of nitrogens with zero attached hydrogens (tertiary/aromatic N) is 2. The van der Waals surface area contributed by atoms with Crippen LogP contribution >= 0.6 is 27.3 Å². The molecule has 0 spiro atoms. The first-order valence-corrected chi connectivity index (χ1v) is 11.7. The molecule has 0 aliphatic carbocycles. The Balaban J connectivity index is 1.32. The fraction of sp³-hybridized carbons (Fsp3) is 0.250. The minimum atomic E-state index is 0.708.